The van der Waals surface area contributed by atoms with Gasteiger partial charge in [0.05, 0.1) is 6.54 Å². The van der Waals surface area contributed by atoms with Crippen LogP contribution in [0, 0.1) is 5.18 Å². The molecular formula is C11H11NS. The number of nitrogens with zero attached hydrogens (tertiary/aromatic N) is 1. The van der Waals surface area contributed by atoms with Crippen molar-refractivity contribution in [2.75, 3.05) is 0 Å². The van der Waals surface area contributed by atoms with Crippen LogP contribution in [0.15, 0.2) is 42.6 Å². The second-order valence-corrected chi connectivity index (χ2v) is 3.83. The molecule has 1 aliphatic heterocycles. The standard InChI is InChI=1S/C11H11NS/c1-2-6-11(7-3-1)10-12-8-4-5-9-13-12/h1-4,6-8H,5,10H2. The van der Waals surface area contributed by atoms with Crippen LogP contribution in [-0.2, 0) is 6.54 Å². The van der Waals surface area contributed by atoms with Gasteiger partial charge in [-0.1, -0.05) is 41.6 Å². The first-order chi connectivity index (χ1) is 6.45. The van der Waals surface area contributed by atoms with Gasteiger partial charge in [-0.3, -0.25) is 4.31 Å². The van der Waals surface area contributed by atoms with Crippen LogP contribution in [0.5, 0.6) is 0 Å². The average Bonchev–Trinajstić information content (AvgIpc) is 2.21. The van der Waals surface area contributed by atoms with Crippen LogP contribution in [0.3, 0.4) is 0 Å². The molecule has 66 valence electrons. The van der Waals surface area contributed by atoms with E-state index in [1.165, 1.54) is 5.56 Å². The van der Waals surface area contributed by atoms with Crippen LogP contribution in [0.25, 0.3) is 0 Å². The van der Waals surface area contributed by atoms with Crippen LogP contribution in [0.1, 0.15) is 12.0 Å². The normalized spacial score (nSPS) is 14.3. The Morgan fingerprint density at radius 1 is 1.31 bits per heavy atom. The summed E-state index contributed by atoms with van der Waals surface area (Å²) in [6.45, 7) is 0.953. The molecule has 0 atom stereocenters. The summed E-state index contributed by atoms with van der Waals surface area (Å²) in [7, 11) is 0. The van der Waals surface area contributed by atoms with Gasteiger partial charge in [0.15, 0.2) is 0 Å². The topological polar surface area (TPSA) is 3.24 Å². The first-order valence-electron chi connectivity index (χ1n) is 4.32. The van der Waals surface area contributed by atoms with E-state index in [9.17, 15) is 0 Å². The van der Waals surface area contributed by atoms with Crippen LogP contribution < -0.4 is 0 Å². The Labute approximate surface area is 82.4 Å². The molecule has 1 aliphatic rings. The van der Waals surface area contributed by atoms with Gasteiger partial charge in [-0.15, -0.1) is 0 Å². The summed E-state index contributed by atoms with van der Waals surface area (Å²) >= 11 is 1.65. The second kappa shape index (κ2) is 4.13. The highest BCUT2D eigenvalue weighted by Gasteiger charge is 1.98. The van der Waals surface area contributed by atoms with E-state index in [0.29, 0.717) is 0 Å². The molecule has 2 heteroatoms. The third-order valence-corrected chi connectivity index (χ3v) is 2.62. The number of hydrogen-bond acceptors (Lipinski definition) is 1. The van der Waals surface area contributed by atoms with Crippen molar-refractivity contribution < 1.29 is 0 Å². The molecule has 0 aliphatic carbocycles. The van der Waals surface area contributed by atoms with E-state index in [0.717, 1.165) is 13.0 Å². The molecule has 1 aromatic rings. The van der Waals surface area contributed by atoms with Gasteiger partial charge in [0.2, 0.25) is 0 Å². The van der Waals surface area contributed by atoms with Gasteiger partial charge in [-0.2, -0.15) is 0 Å². The lowest BCUT2D eigenvalue weighted by atomic mass is 10.2. The minimum Gasteiger partial charge on any atom is -0.295 e. The van der Waals surface area contributed by atoms with Crippen molar-refractivity contribution >= 4 is 11.4 Å². The van der Waals surface area contributed by atoms with Crippen molar-refractivity contribution in [2.24, 2.45) is 0 Å². The van der Waals surface area contributed by atoms with E-state index < -0.39 is 0 Å². The van der Waals surface area contributed by atoms with Crippen molar-refractivity contribution in [1.82, 2.24) is 4.31 Å². The highest BCUT2D eigenvalue weighted by Crippen LogP contribution is 2.11. The first-order valence-corrected chi connectivity index (χ1v) is 5.09. The molecule has 0 fully saturated rings. The Bertz CT molecular complexity index is 359. The molecule has 1 aromatic carbocycles. The molecule has 13 heavy (non-hydrogen) atoms. The van der Waals surface area contributed by atoms with Crippen molar-refractivity contribution in [2.45, 2.75) is 13.0 Å². The molecule has 0 N–H and O–H groups in total. The summed E-state index contributed by atoms with van der Waals surface area (Å²) in [4.78, 5) is 0. The second-order valence-electron chi connectivity index (χ2n) is 2.89. The maximum atomic E-state index is 3.21. The van der Waals surface area contributed by atoms with Crippen LogP contribution in [0.2, 0.25) is 0 Å². The van der Waals surface area contributed by atoms with E-state index in [4.69, 9.17) is 0 Å². The molecule has 0 unspecified atom stereocenters. The van der Waals surface area contributed by atoms with Gasteiger partial charge in [0, 0.05) is 12.6 Å². The molecule has 2 rings (SSSR count). The molecule has 0 spiro atoms. The Balaban J connectivity index is 2.05. The maximum Gasteiger partial charge on any atom is 0.0583 e. The van der Waals surface area contributed by atoms with Crippen molar-refractivity contribution in [1.29, 1.82) is 0 Å². The zero-order valence-electron chi connectivity index (χ0n) is 7.31. The number of benzene rings is 1. The minimum absolute atomic E-state index is 0.953. The monoisotopic (exact) mass is 189 g/mol. The zero-order valence-corrected chi connectivity index (χ0v) is 8.13. The molecule has 0 amide bonds. The van der Waals surface area contributed by atoms with Gasteiger partial charge < -0.3 is 0 Å². The molecule has 0 aromatic heterocycles. The summed E-state index contributed by atoms with van der Waals surface area (Å²) < 4.78 is 2.18. The average molecular weight is 189 g/mol. The summed E-state index contributed by atoms with van der Waals surface area (Å²) in [5.41, 5.74) is 1.34. The number of rotatable bonds is 2. The summed E-state index contributed by atoms with van der Waals surface area (Å²) in [5, 5.41) is 3.21. The van der Waals surface area contributed by atoms with Crippen molar-refractivity contribution in [3.05, 3.63) is 48.2 Å². The van der Waals surface area contributed by atoms with Crippen LogP contribution in [-0.4, -0.2) is 4.31 Å². The highest BCUT2D eigenvalue weighted by atomic mass is 32.1. The Kier molecular flexibility index (Phi) is 2.65. The Morgan fingerprint density at radius 3 is 2.85 bits per heavy atom. The Morgan fingerprint density at radius 2 is 2.15 bits per heavy atom. The van der Waals surface area contributed by atoms with E-state index in [-0.39, 0.29) is 0 Å². The van der Waals surface area contributed by atoms with Gasteiger partial charge in [-0.25, -0.2) is 0 Å². The largest absolute Gasteiger partial charge is 0.295 e. The lowest BCUT2D eigenvalue weighted by Gasteiger charge is -2.13. The maximum absolute atomic E-state index is 3.21. The fraction of sp³-hybridized carbons (Fsp3) is 0.182. The predicted octanol–water partition coefficient (Wildman–Crippen LogP) is 3.01. The molecule has 0 radical (unpaired) electrons. The van der Waals surface area contributed by atoms with E-state index >= 15 is 0 Å². The minimum atomic E-state index is 0.953. The quantitative estimate of drug-likeness (QED) is 0.646. The number of hydrogen-bond donors (Lipinski definition) is 0. The summed E-state index contributed by atoms with van der Waals surface area (Å²) in [6.07, 6.45) is 5.20. The van der Waals surface area contributed by atoms with Gasteiger partial charge >= 0.3 is 0 Å². The van der Waals surface area contributed by atoms with Gasteiger partial charge in [-0.05, 0) is 16.9 Å². The smallest absolute Gasteiger partial charge is 0.0583 e. The third-order valence-electron chi connectivity index (χ3n) is 1.84. The van der Waals surface area contributed by atoms with E-state index in [1.807, 2.05) is 6.07 Å². The van der Waals surface area contributed by atoms with Crippen molar-refractivity contribution in [3.8, 4) is 5.18 Å². The zero-order chi connectivity index (χ0) is 8.93. The highest BCUT2D eigenvalue weighted by molar-refractivity contribution is 7.86. The summed E-state index contributed by atoms with van der Waals surface area (Å²) in [6, 6.07) is 10.5. The first kappa shape index (κ1) is 8.36. The Hall–Kier alpha value is -1.24. The van der Waals surface area contributed by atoms with Gasteiger partial charge in [0.1, 0.15) is 0 Å². The third kappa shape index (κ3) is 2.35. The molecular weight excluding hydrogens is 178 g/mol. The van der Waals surface area contributed by atoms with Crippen LogP contribution >= 0.6 is 11.4 Å². The summed E-state index contributed by atoms with van der Waals surface area (Å²) in [5.74, 6) is 0. The molecule has 1 heterocycles. The SMILES string of the molecule is C1#SN(Cc2ccccc2)C=CC1. The van der Waals surface area contributed by atoms with Crippen molar-refractivity contribution in [3.63, 3.8) is 0 Å². The fourth-order valence-electron chi connectivity index (χ4n) is 1.22. The fourth-order valence-corrected chi connectivity index (χ4v) is 1.91. The van der Waals surface area contributed by atoms with Crippen LogP contribution in [0.4, 0.5) is 0 Å². The molecule has 0 saturated heterocycles. The lowest BCUT2D eigenvalue weighted by Crippen LogP contribution is -2.05. The number of allylic oxidation sites excluding steroid dienone is 1. The molecule has 1 nitrogen and oxygen atoms in total. The van der Waals surface area contributed by atoms with E-state index in [2.05, 4.69) is 46.0 Å². The molecule has 0 bridgehead atoms. The van der Waals surface area contributed by atoms with Gasteiger partial charge in [0.25, 0.3) is 0 Å². The lowest BCUT2D eigenvalue weighted by molar-refractivity contribution is 0.621. The predicted molar refractivity (Wildman–Crippen MR) is 57.2 cm³/mol. The van der Waals surface area contributed by atoms with E-state index in [1.54, 1.807) is 11.4 Å². The molecule has 0 saturated carbocycles.